The zero-order chi connectivity index (χ0) is 21.3. The minimum atomic E-state index is -1.17. The molecular weight excluding hydrogens is 388 g/mol. The first-order chi connectivity index (χ1) is 13.8. The number of nitrogens with zero attached hydrogens (tertiary/aromatic N) is 2. The second-order valence-electron chi connectivity index (χ2n) is 7.33. The molecule has 2 heterocycles. The van der Waals surface area contributed by atoms with Gasteiger partial charge in [-0.15, -0.1) is 11.3 Å². The first-order valence-corrected chi connectivity index (χ1v) is 10.5. The van der Waals surface area contributed by atoms with Crippen molar-refractivity contribution in [1.82, 2.24) is 9.55 Å². The molecule has 0 saturated heterocycles. The zero-order valence-electron chi connectivity index (χ0n) is 17.7. The van der Waals surface area contributed by atoms with Crippen LogP contribution in [0.15, 0.2) is 28.4 Å². The van der Waals surface area contributed by atoms with E-state index in [9.17, 15) is 9.59 Å². The molecule has 0 N–H and O–H groups in total. The third-order valence-corrected chi connectivity index (χ3v) is 5.84. The van der Waals surface area contributed by atoms with E-state index >= 15 is 0 Å². The molecule has 0 bridgehead atoms. The third-order valence-electron chi connectivity index (χ3n) is 4.97. The molecule has 29 heavy (non-hydrogen) atoms. The molecular formula is C22H26N2O4S. The van der Waals surface area contributed by atoms with Gasteiger partial charge in [0.1, 0.15) is 21.9 Å². The van der Waals surface area contributed by atoms with E-state index < -0.39 is 11.5 Å². The lowest BCUT2D eigenvalue weighted by molar-refractivity contribution is -0.152. The van der Waals surface area contributed by atoms with Gasteiger partial charge in [-0.05, 0) is 39.8 Å². The Balaban J connectivity index is 2.36. The van der Waals surface area contributed by atoms with Crippen LogP contribution in [-0.4, -0.2) is 29.2 Å². The van der Waals surface area contributed by atoms with Crippen molar-refractivity contribution in [3.05, 3.63) is 45.3 Å². The van der Waals surface area contributed by atoms with Crippen molar-refractivity contribution in [1.29, 1.82) is 0 Å². The van der Waals surface area contributed by atoms with Gasteiger partial charge in [-0.2, -0.15) is 0 Å². The summed E-state index contributed by atoms with van der Waals surface area (Å²) in [6.45, 7) is 9.30. The summed E-state index contributed by atoms with van der Waals surface area (Å²) >= 11 is 1.42. The number of benzene rings is 1. The first-order valence-electron chi connectivity index (χ1n) is 9.62. The van der Waals surface area contributed by atoms with Gasteiger partial charge in [0.05, 0.1) is 19.1 Å². The molecule has 0 amide bonds. The summed E-state index contributed by atoms with van der Waals surface area (Å²) in [5.41, 5.74) is 1.24. The van der Waals surface area contributed by atoms with Gasteiger partial charge in [0.25, 0.3) is 5.56 Å². The summed E-state index contributed by atoms with van der Waals surface area (Å²) in [4.78, 5) is 31.7. The van der Waals surface area contributed by atoms with E-state index in [1.165, 1.54) is 15.9 Å². The molecule has 0 spiro atoms. The number of hydrogen-bond acceptors (Lipinski definition) is 6. The van der Waals surface area contributed by atoms with Crippen LogP contribution in [0.2, 0.25) is 0 Å². The fraction of sp³-hybridized carbons (Fsp3) is 0.409. The van der Waals surface area contributed by atoms with E-state index in [4.69, 9.17) is 14.5 Å². The molecule has 3 aromatic rings. The molecule has 0 aliphatic heterocycles. The maximum Gasteiger partial charge on any atom is 0.331 e. The predicted octanol–water partition coefficient (Wildman–Crippen LogP) is 4.30. The van der Waals surface area contributed by atoms with Gasteiger partial charge >= 0.3 is 5.97 Å². The highest BCUT2D eigenvalue weighted by atomic mass is 32.1. The van der Waals surface area contributed by atoms with Crippen LogP contribution in [0.4, 0.5) is 0 Å². The van der Waals surface area contributed by atoms with E-state index in [0.29, 0.717) is 28.2 Å². The van der Waals surface area contributed by atoms with Crippen molar-refractivity contribution in [2.45, 2.75) is 46.6 Å². The van der Waals surface area contributed by atoms with Crippen LogP contribution in [0.5, 0.6) is 5.75 Å². The quantitative estimate of drug-likeness (QED) is 0.563. The van der Waals surface area contributed by atoms with Crippen molar-refractivity contribution in [3.63, 3.8) is 0 Å². The SMILES string of the molecule is CCOC(=O)C(C)(C)n1c(CC)nc2scc(-c3cc(C)ccc3OC)c2c1=O. The predicted molar refractivity (Wildman–Crippen MR) is 116 cm³/mol. The average molecular weight is 415 g/mol. The fourth-order valence-corrected chi connectivity index (χ4v) is 4.42. The van der Waals surface area contributed by atoms with Crippen molar-refractivity contribution >= 4 is 27.5 Å². The Kier molecular flexibility index (Phi) is 5.80. The number of carbonyl (C=O) groups is 1. The Morgan fingerprint density at radius 3 is 2.59 bits per heavy atom. The van der Waals surface area contributed by atoms with Crippen LogP contribution in [0.1, 0.15) is 39.1 Å². The fourth-order valence-electron chi connectivity index (χ4n) is 3.48. The number of hydrogen-bond donors (Lipinski definition) is 0. The van der Waals surface area contributed by atoms with Gasteiger partial charge in [0.15, 0.2) is 0 Å². The van der Waals surface area contributed by atoms with Gasteiger partial charge in [0, 0.05) is 22.9 Å². The van der Waals surface area contributed by atoms with E-state index in [1.54, 1.807) is 27.9 Å². The number of carbonyl (C=O) groups excluding carboxylic acids is 1. The van der Waals surface area contributed by atoms with Gasteiger partial charge in [-0.1, -0.05) is 18.6 Å². The normalized spacial score (nSPS) is 11.7. The van der Waals surface area contributed by atoms with E-state index in [0.717, 1.165) is 16.7 Å². The minimum absolute atomic E-state index is 0.246. The van der Waals surface area contributed by atoms with Gasteiger partial charge in [0.2, 0.25) is 0 Å². The van der Waals surface area contributed by atoms with Crippen LogP contribution >= 0.6 is 11.3 Å². The summed E-state index contributed by atoms with van der Waals surface area (Å²) in [6.07, 6.45) is 0.523. The number of methoxy groups -OCH3 is 1. The molecule has 3 rings (SSSR count). The molecule has 1 aromatic carbocycles. The number of esters is 1. The number of rotatable bonds is 6. The van der Waals surface area contributed by atoms with Crippen LogP contribution < -0.4 is 10.3 Å². The lowest BCUT2D eigenvalue weighted by atomic mass is 10.0. The number of ether oxygens (including phenoxy) is 2. The van der Waals surface area contributed by atoms with Crippen LogP contribution in [0.3, 0.4) is 0 Å². The summed E-state index contributed by atoms with van der Waals surface area (Å²) in [7, 11) is 1.61. The van der Waals surface area contributed by atoms with Crippen LogP contribution in [-0.2, 0) is 21.5 Å². The van der Waals surface area contributed by atoms with Gasteiger partial charge in [-0.3, -0.25) is 9.36 Å². The highest BCUT2D eigenvalue weighted by molar-refractivity contribution is 7.17. The summed E-state index contributed by atoms with van der Waals surface area (Å²) in [5, 5.41) is 2.42. The lowest BCUT2D eigenvalue weighted by Crippen LogP contribution is -2.45. The molecule has 0 aliphatic rings. The molecule has 7 heteroatoms. The van der Waals surface area contributed by atoms with E-state index in [2.05, 4.69) is 0 Å². The smallest absolute Gasteiger partial charge is 0.331 e. The Bertz CT molecular complexity index is 1130. The van der Waals surface area contributed by atoms with Gasteiger partial charge in [-0.25, -0.2) is 9.78 Å². The largest absolute Gasteiger partial charge is 0.496 e. The highest BCUT2D eigenvalue weighted by Crippen LogP contribution is 2.37. The molecule has 0 fully saturated rings. The zero-order valence-corrected chi connectivity index (χ0v) is 18.5. The number of thiophene rings is 1. The molecule has 0 atom stereocenters. The lowest BCUT2D eigenvalue weighted by Gasteiger charge is -2.27. The van der Waals surface area contributed by atoms with E-state index in [-0.39, 0.29) is 12.2 Å². The summed E-state index contributed by atoms with van der Waals surface area (Å²) < 4.78 is 12.2. The Hall–Kier alpha value is -2.67. The second kappa shape index (κ2) is 7.99. The van der Waals surface area contributed by atoms with Crippen molar-refractivity contribution in [2.75, 3.05) is 13.7 Å². The first kappa shape index (κ1) is 21.0. The Morgan fingerprint density at radius 2 is 1.97 bits per heavy atom. The molecule has 0 unspecified atom stereocenters. The second-order valence-corrected chi connectivity index (χ2v) is 8.19. The minimum Gasteiger partial charge on any atom is -0.496 e. The van der Waals surface area contributed by atoms with Crippen molar-refractivity contribution in [3.8, 4) is 16.9 Å². The molecule has 2 aromatic heterocycles. The molecule has 154 valence electrons. The number of fused-ring (bicyclic) bond motifs is 1. The standard InChI is InChI=1S/C22H26N2O4S/c1-7-17-23-19-18(20(25)24(17)22(4,5)21(26)28-8-2)15(12-29-19)14-11-13(3)9-10-16(14)27-6/h9-12H,7-8H2,1-6H3. The Labute approximate surface area is 174 Å². The van der Waals surface area contributed by atoms with Crippen LogP contribution in [0.25, 0.3) is 21.3 Å². The molecule has 6 nitrogen and oxygen atoms in total. The maximum atomic E-state index is 13.7. The third kappa shape index (κ3) is 3.55. The molecule has 0 saturated carbocycles. The van der Waals surface area contributed by atoms with E-state index in [1.807, 2.05) is 37.4 Å². The van der Waals surface area contributed by atoms with Crippen LogP contribution in [0, 0.1) is 6.92 Å². The summed E-state index contributed by atoms with van der Waals surface area (Å²) in [6, 6.07) is 5.85. The Morgan fingerprint density at radius 1 is 1.24 bits per heavy atom. The van der Waals surface area contributed by atoms with Crippen molar-refractivity contribution < 1.29 is 14.3 Å². The number of aromatic nitrogens is 2. The maximum absolute atomic E-state index is 13.7. The van der Waals surface area contributed by atoms with Crippen molar-refractivity contribution in [2.24, 2.45) is 0 Å². The summed E-state index contributed by atoms with van der Waals surface area (Å²) in [5.74, 6) is 0.790. The van der Waals surface area contributed by atoms with Gasteiger partial charge < -0.3 is 9.47 Å². The monoisotopic (exact) mass is 414 g/mol. The topological polar surface area (TPSA) is 70.4 Å². The average Bonchev–Trinajstić information content (AvgIpc) is 3.11. The number of aryl methyl sites for hydroxylation is 2. The highest BCUT2D eigenvalue weighted by Gasteiger charge is 2.35. The molecule has 0 aliphatic carbocycles. The molecule has 0 radical (unpaired) electrons.